The number of benzene rings is 2. The second-order valence-corrected chi connectivity index (χ2v) is 7.86. The van der Waals surface area contributed by atoms with Crippen LogP contribution in [0.5, 0.6) is 28.7 Å². The maximum atomic E-state index is 13.3. The van der Waals surface area contributed by atoms with Gasteiger partial charge in [-0.15, -0.1) is 0 Å². The van der Waals surface area contributed by atoms with E-state index in [0.29, 0.717) is 55.7 Å². The zero-order chi connectivity index (χ0) is 23.2. The van der Waals surface area contributed by atoms with E-state index in [9.17, 15) is 4.79 Å². The Morgan fingerprint density at radius 2 is 1.48 bits per heavy atom. The van der Waals surface area contributed by atoms with Gasteiger partial charge in [-0.1, -0.05) is 6.07 Å². The fourth-order valence-electron chi connectivity index (χ4n) is 4.10. The van der Waals surface area contributed by atoms with Gasteiger partial charge in [-0.25, -0.2) is 0 Å². The molecule has 0 aromatic heterocycles. The highest BCUT2D eigenvalue weighted by molar-refractivity contribution is 5.95. The van der Waals surface area contributed by atoms with E-state index >= 15 is 0 Å². The largest absolute Gasteiger partial charge is 0.490 e. The smallest absolute Gasteiger partial charge is 0.254 e. The van der Waals surface area contributed by atoms with Crippen molar-refractivity contribution in [2.45, 2.75) is 27.3 Å². The third-order valence-electron chi connectivity index (χ3n) is 5.66. The summed E-state index contributed by atoms with van der Waals surface area (Å²) in [4.78, 5) is 17.5. The Kier molecular flexibility index (Phi) is 7.44. The van der Waals surface area contributed by atoms with Crippen molar-refractivity contribution in [1.29, 1.82) is 0 Å². The van der Waals surface area contributed by atoms with Crippen molar-refractivity contribution in [3.05, 3.63) is 41.5 Å². The van der Waals surface area contributed by atoms with Crippen LogP contribution in [0.4, 0.5) is 0 Å². The normalized spacial score (nSPS) is 15.4. The summed E-state index contributed by atoms with van der Waals surface area (Å²) in [6, 6.07) is 9.58. The number of piperazine rings is 1. The predicted molar refractivity (Wildman–Crippen MR) is 124 cm³/mol. The van der Waals surface area contributed by atoms with Crippen molar-refractivity contribution in [3.8, 4) is 28.7 Å². The van der Waals surface area contributed by atoms with E-state index in [1.807, 2.05) is 37.8 Å². The van der Waals surface area contributed by atoms with E-state index < -0.39 is 0 Å². The standard InChI is InChI=1S/C25H32N2O6/c1-4-29-22-14-19(15-23(30-5-2)24(22)31-6-3)25(28)27-11-9-26(10-12-27)16-18-7-8-20-21(13-18)33-17-32-20/h7-8,13-15H,4-6,9-12,16-17H2,1-3H3. The zero-order valence-corrected chi connectivity index (χ0v) is 19.6. The Bertz CT molecular complexity index is 944. The molecule has 0 saturated carbocycles. The molecule has 0 radical (unpaired) electrons. The van der Waals surface area contributed by atoms with Gasteiger partial charge in [0.2, 0.25) is 12.5 Å². The lowest BCUT2D eigenvalue weighted by Crippen LogP contribution is -2.48. The van der Waals surface area contributed by atoms with Crippen LogP contribution in [0.25, 0.3) is 0 Å². The molecule has 1 amide bonds. The highest BCUT2D eigenvalue weighted by Gasteiger charge is 2.25. The average molecular weight is 457 g/mol. The molecule has 0 unspecified atom stereocenters. The molecule has 8 nitrogen and oxygen atoms in total. The summed E-state index contributed by atoms with van der Waals surface area (Å²) in [5, 5.41) is 0. The first-order valence-electron chi connectivity index (χ1n) is 11.6. The van der Waals surface area contributed by atoms with Gasteiger partial charge in [0.15, 0.2) is 23.0 Å². The summed E-state index contributed by atoms with van der Waals surface area (Å²) in [5.74, 6) is 3.19. The summed E-state index contributed by atoms with van der Waals surface area (Å²) in [6.07, 6.45) is 0. The highest BCUT2D eigenvalue weighted by Crippen LogP contribution is 2.39. The van der Waals surface area contributed by atoms with Gasteiger partial charge in [0.05, 0.1) is 19.8 Å². The van der Waals surface area contributed by atoms with Crippen molar-refractivity contribution < 1.29 is 28.5 Å². The van der Waals surface area contributed by atoms with Gasteiger partial charge in [0.25, 0.3) is 5.91 Å². The molecule has 1 saturated heterocycles. The molecular formula is C25H32N2O6. The maximum Gasteiger partial charge on any atom is 0.254 e. The van der Waals surface area contributed by atoms with Crippen molar-refractivity contribution in [3.63, 3.8) is 0 Å². The number of rotatable bonds is 9. The van der Waals surface area contributed by atoms with E-state index in [1.54, 1.807) is 12.1 Å². The van der Waals surface area contributed by atoms with Gasteiger partial charge < -0.3 is 28.6 Å². The second-order valence-electron chi connectivity index (χ2n) is 7.86. The van der Waals surface area contributed by atoms with Crippen molar-refractivity contribution in [2.75, 3.05) is 52.8 Å². The van der Waals surface area contributed by atoms with Gasteiger partial charge in [-0.3, -0.25) is 9.69 Å². The van der Waals surface area contributed by atoms with Crippen molar-refractivity contribution >= 4 is 5.91 Å². The topological polar surface area (TPSA) is 69.7 Å². The Morgan fingerprint density at radius 1 is 0.848 bits per heavy atom. The Morgan fingerprint density at radius 3 is 2.12 bits per heavy atom. The lowest BCUT2D eigenvalue weighted by atomic mass is 10.1. The number of amides is 1. The third kappa shape index (κ3) is 5.27. The monoisotopic (exact) mass is 456 g/mol. The molecular weight excluding hydrogens is 424 g/mol. The van der Waals surface area contributed by atoms with E-state index in [-0.39, 0.29) is 12.7 Å². The van der Waals surface area contributed by atoms with Crippen LogP contribution >= 0.6 is 0 Å². The van der Waals surface area contributed by atoms with E-state index in [1.165, 1.54) is 5.56 Å². The molecule has 2 aliphatic rings. The van der Waals surface area contributed by atoms with E-state index in [0.717, 1.165) is 31.1 Å². The van der Waals surface area contributed by atoms with Gasteiger partial charge >= 0.3 is 0 Å². The molecule has 0 spiro atoms. The summed E-state index contributed by atoms with van der Waals surface area (Å²) in [7, 11) is 0. The summed E-state index contributed by atoms with van der Waals surface area (Å²) >= 11 is 0. The third-order valence-corrected chi connectivity index (χ3v) is 5.66. The van der Waals surface area contributed by atoms with Crippen LogP contribution in [0, 0.1) is 0 Å². The summed E-state index contributed by atoms with van der Waals surface area (Å²) in [5.41, 5.74) is 1.72. The first kappa shape index (κ1) is 23.0. The van der Waals surface area contributed by atoms with Crippen molar-refractivity contribution in [1.82, 2.24) is 9.80 Å². The lowest BCUT2D eigenvalue weighted by Gasteiger charge is -2.35. The Balaban J connectivity index is 1.42. The summed E-state index contributed by atoms with van der Waals surface area (Å²) < 4.78 is 28.2. The average Bonchev–Trinajstić information content (AvgIpc) is 3.29. The number of ether oxygens (including phenoxy) is 5. The van der Waals surface area contributed by atoms with Gasteiger partial charge in [0.1, 0.15) is 0 Å². The molecule has 2 aromatic rings. The maximum absolute atomic E-state index is 13.3. The van der Waals surface area contributed by atoms with Crippen LogP contribution < -0.4 is 23.7 Å². The number of nitrogens with zero attached hydrogens (tertiary/aromatic N) is 2. The molecule has 2 aromatic carbocycles. The van der Waals surface area contributed by atoms with Gasteiger partial charge in [0, 0.05) is 38.3 Å². The van der Waals surface area contributed by atoms with Crippen LogP contribution in [-0.4, -0.2) is 68.5 Å². The van der Waals surface area contributed by atoms with Crippen LogP contribution in [0.2, 0.25) is 0 Å². The van der Waals surface area contributed by atoms with Gasteiger partial charge in [-0.05, 0) is 50.6 Å². The zero-order valence-electron chi connectivity index (χ0n) is 19.6. The molecule has 0 atom stereocenters. The van der Waals surface area contributed by atoms with Crippen LogP contribution in [0.3, 0.4) is 0 Å². The van der Waals surface area contributed by atoms with Gasteiger partial charge in [-0.2, -0.15) is 0 Å². The fourth-order valence-corrected chi connectivity index (χ4v) is 4.10. The molecule has 4 rings (SSSR count). The Labute approximate surface area is 194 Å². The molecule has 8 heteroatoms. The van der Waals surface area contributed by atoms with Crippen LogP contribution in [0.1, 0.15) is 36.7 Å². The number of fused-ring (bicyclic) bond motifs is 1. The number of hydrogen-bond acceptors (Lipinski definition) is 7. The number of carbonyl (C=O) groups is 1. The highest BCUT2D eigenvalue weighted by atomic mass is 16.7. The number of carbonyl (C=O) groups excluding carboxylic acids is 1. The second kappa shape index (κ2) is 10.7. The summed E-state index contributed by atoms with van der Waals surface area (Å²) in [6.45, 7) is 11.2. The molecule has 178 valence electrons. The van der Waals surface area contributed by atoms with E-state index in [4.69, 9.17) is 23.7 Å². The number of hydrogen-bond donors (Lipinski definition) is 0. The van der Waals surface area contributed by atoms with Crippen LogP contribution in [0.15, 0.2) is 30.3 Å². The SMILES string of the molecule is CCOc1cc(C(=O)N2CCN(Cc3ccc4c(c3)OCO4)CC2)cc(OCC)c1OCC. The molecule has 1 fully saturated rings. The molecule has 33 heavy (non-hydrogen) atoms. The minimum Gasteiger partial charge on any atom is -0.490 e. The van der Waals surface area contributed by atoms with Crippen LogP contribution in [-0.2, 0) is 6.54 Å². The first-order chi connectivity index (χ1) is 16.1. The minimum atomic E-state index is -0.0253. The molecule has 0 N–H and O–H groups in total. The molecule has 2 aliphatic heterocycles. The quantitative estimate of drug-likeness (QED) is 0.571. The van der Waals surface area contributed by atoms with Crippen molar-refractivity contribution in [2.24, 2.45) is 0 Å². The first-order valence-corrected chi connectivity index (χ1v) is 11.6. The molecule has 0 bridgehead atoms. The minimum absolute atomic E-state index is 0.0253. The predicted octanol–water partition coefficient (Wildman–Crippen LogP) is 3.57. The van der Waals surface area contributed by atoms with E-state index in [2.05, 4.69) is 11.0 Å². The Hall–Kier alpha value is -3.13. The fraction of sp³-hybridized carbons (Fsp3) is 0.480. The lowest BCUT2D eigenvalue weighted by molar-refractivity contribution is 0.0627. The molecule has 0 aliphatic carbocycles. The molecule has 2 heterocycles.